The molecule has 104 valence electrons. The second kappa shape index (κ2) is 5.14. The Labute approximate surface area is 107 Å². The Bertz CT molecular complexity index is 417. The summed E-state index contributed by atoms with van der Waals surface area (Å²) in [7, 11) is -2.99. The molecule has 2 aliphatic rings. The SMILES string of the molecule is CC1(OCC(=O)NCC2CCCS2(=O)=O)CNC1. The summed E-state index contributed by atoms with van der Waals surface area (Å²) < 4.78 is 28.6. The maximum atomic E-state index is 11.6. The number of ether oxygens (including phenoxy) is 1. The molecule has 0 aromatic carbocycles. The lowest BCUT2D eigenvalue weighted by atomic mass is 10.0. The van der Waals surface area contributed by atoms with Crippen LogP contribution in [0.4, 0.5) is 0 Å². The monoisotopic (exact) mass is 276 g/mol. The van der Waals surface area contributed by atoms with Gasteiger partial charge in [-0.1, -0.05) is 0 Å². The highest BCUT2D eigenvalue weighted by atomic mass is 32.2. The Balaban J connectivity index is 1.69. The molecule has 2 fully saturated rings. The number of sulfone groups is 1. The quantitative estimate of drug-likeness (QED) is 0.677. The fourth-order valence-corrected chi connectivity index (χ4v) is 3.95. The molecule has 2 N–H and O–H groups in total. The van der Waals surface area contributed by atoms with Crippen LogP contribution in [-0.2, 0) is 19.4 Å². The van der Waals surface area contributed by atoms with Crippen molar-refractivity contribution < 1.29 is 17.9 Å². The number of amides is 1. The summed E-state index contributed by atoms with van der Waals surface area (Å²) in [5.41, 5.74) is -0.253. The number of hydrogen-bond donors (Lipinski definition) is 2. The summed E-state index contributed by atoms with van der Waals surface area (Å²) in [6.07, 6.45) is 1.34. The number of rotatable bonds is 5. The topological polar surface area (TPSA) is 84.5 Å². The third-order valence-corrected chi connectivity index (χ3v) is 5.82. The van der Waals surface area contributed by atoms with E-state index in [-0.39, 0.29) is 30.4 Å². The van der Waals surface area contributed by atoms with E-state index in [0.29, 0.717) is 12.8 Å². The maximum absolute atomic E-state index is 11.6. The third-order valence-electron chi connectivity index (χ3n) is 3.54. The molecule has 7 heteroatoms. The largest absolute Gasteiger partial charge is 0.363 e. The average molecular weight is 276 g/mol. The number of nitrogens with one attached hydrogen (secondary N) is 2. The summed E-state index contributed by atoms with van der Waals surface area (Å²) in [5.74, 6) is -0.00133. The standard InChI is InChI=1S/C11H20N2O4S/c1-11(7-12-8-11)17-6-10(14)13-5-9-3-2-4-18(9,15)16/h9,12H,2-8H2,1H3,(H,13,14). The van der Waals surface area contributed by atoms with Gasteiger partial charge in [0.05, 0.1) is 16.6 Å². The normalized spacial score (nSPS) is 28.6. The fraction of sp³-hybridized carbons (Fsp3) is 0.909. The van der Waals surface area contributed by atoms with E-state index in [0.717, 1.165) is 13.1 Å². The van der Waals surface area contributed by atoms with Crippen molar-refractivity contribution in [2.24, 2.45) is 0 Å². The van der Waals surface area contributed by atoms with E-state index in [4.69, 9.17) is 4.74 Å². The Hall–Kier alpha value is -0.660. The third kappa shape index (κ3) is 3.21. The van der Waals surface area contributed by atoms with Gasteiger partial charge in [-0.15, -0.1) is 0 Å². The van der Waals surface area contributed by atoms with E-state index >= 15 is 0 Å². The second-order valence-corrected chi connectivity index (χ2v) is 7.68. The van der Waals surface area contributed by atoms with Gasteiger partial charge in [0.25, 0.3) is 0 Å². The van der Waals surface area contributed by atoms with Crippen LogP contribution in [0.15, 0.2) is 0 Å². The zero-order valence-corrected chi connectivity index (χ0v) is 11.4. The molecule has 2 saturated heterocycles. The van der Waals surface area contributed by atoms with Gasteiger partial charge in [0.15, 0.2) is 9.84 Å². The molecular formula is C11H20N2O4S. The van der Waals surface area contributed by atoms with Crippen molar-refractivity contribution in [1.29, 1.82) is 0 Å². The van der Waals surface area contributed by atoms with E-state index in [1.807, 2.05) is 6.92 Å². The predicted molar refractivity (Wildman–Crippen MR) is 67.0 cm³/mol. The van der Waals surface area contributed by atoms with Crippen molar-refractivity contribution in [1.82, 2.24) is 10.6 Å². The van der Waals surface area contributed by atoms with E-state index < -0.39 is 15.1 Å². The van der Waals surface area contributed by atoms with E-state index in [9.17, 15) is 13.2 Å². The van der Waals surface area contributed by atoms with Crippen LogP contribution in [0.2, 0.25) is 0 Å². The van der Waals surface area contributed by atoms with Gasteiger partial charge < -0.3 is 15.4 Å². The molecule has 2 heterocycles. The van der Waals surface area contributed by atoms with E-state index in [2.05, 4.69) is 10.6 Å². The van der Waals surface area contributed by atoms with Crippen molar-refractivity contribution >= 4 is 15.7 Å². The lowest BCUT2D eigenvalue weighted by molar-refractivity contribution is -0.135. The summed E-state index contributed by atoms with van der Waals surface area (Å²) in [5, 5.41) is 5.30. The molecule has 0 saturated carbocycles. The number of carbonyl (C=O) groups excluding carboxylic acids is 1. The van der Waals surface area contributed by atoms with Crippen molar-refractivity contribution in [3.8, 4) is 0 Å². The summed E-state index contributed by atoms with van der Waals surface area (Å²) in [4.78, 5) is 11.5. The molecule has 2 aliphatic heterocycles. The van der Waals surface area contributed by atoms with Gasteiger partial charge in [-0.3, -0.25) is 4.79 Å². The molecule has 0 aromatic rings. The molecule has 0 aromatic heterocycles. The molecule has 0 radical (unpaired) electrons. The first-order chi connectivity index (χ1) is 8.41. The van der Waals surface area contributed by atoms with Crippen LogP contribution >= 0.6 is 0 Å². The Kier molecular flexibility index (Phi) is 3.93. The average Bonchev–Trinajstić information content (AvgIpc) is 2.60. The van der Waals surface area contributed by atoms with Crippen molar-refractivity contribution in [3.05, 3.63) is 0 Å². The summed E-state index contributed by atoms with van der Waals surface area (Å²) in [6.45, 7) is 3.64. The minimum absolute atomic E-state index is 0.00898. The Morgan fingerprint density at radius 2 is 2.22 bits per heavy atom. The first-order valence-electron chi connectivity index (χ1n) is 6.24. The second-order valence-electron chi connectivity index (χ2n) is 5.28. The van der Waals surface area contributed by atoms with Crippen LogP contribution in [0.3, 0.4) is 0 Å². The number of carbonyl (C=O) groups is 1. The first kappa shape index (κ1) is 13.8. The molecule has 6 nitrogen and oxygen atoms in total. The Morgan fingerprint density at radius 1 is 1.50 bits per heavy atom. The lowest BCUT2D eigenvalue weighted by Gasteiger charge is -2.38. The van der Waals surface area contributed by atoms with Crippen molar-refractivity contribution in [3.63, 3.8) is 0 Å². The minimum atomic E-state index is -2.99. The molecule has 1 unspecified atom stereocenters. The molecule has 18 heavy (non-hydrogen) atoms. The van der Waals surface area contributed by atoms with Gasteiger partial charge in [-0.2, -0.15) is 0 Å². The summed E-state index contributed by atoms with van der Waals surface area (Å²) in [6, 6.07) is 0. The highest BCUT2D eigenvalue weighted by Gasteiger charge is 2.34. The summed E-state index contributed by atoms with van der Waals surface area (Å²) >= 11 is 0. The van der Waals surface area contributed by atoms with Crippen LogP contribution in [0.1, 0.15) is 19.8 Å². The number of hydrogen-bond acceptors (Lipinski definition) is 5. The van der Waals surface area contributed by atoms with Crippen LogP contribution in [0.25, 0.3) is 0 Å². The van der Waals surface area contributed by atoms with Gasteiger partial charge in [0, 0.05) is 19.6 Å². The zero-order chi connectivity index (χ0) is 13.2. The molecule has 1 amide bonds. The fourth-order valence-electron chi connectivity index (χ4n) is 2.19. The van der Waals surface area contributed by atoms with Gasteiger partial charge in [-0.25, -0.2) is 8.42 Å². The van der Waals surface area contributed by atoms with Gasteiger partial charge in [-0.05, 0) is 19.8 Å². The maximum Gasteiger partial charge on any atom is 0.246 e. The van der Waals surface area contributed by atoms with Crippen LogP contribution < -0.4 is 10.6 Å². The van der Waals surface area contributed by atoms with Crippen molar-refractivity contribution in [2.75, 3.05) is 32.0 Å². The van der Waals surface area contributed by atoms with Gasteiger partial charge >= 0.3 is 0 Å². The zero-order valence-electron chi connectivity index (χ0n) is 10.6. The van der Waals surface area contributed by atoms with Gasteiger partial charge in [0.2, 0.25) is 5.91 Å². The van der Waals surface area contributed by atoms with Crippen LogP contribution in [0.5, 0.6) is 0 Å². The van der Waals surface area contributed by atoms with Crippen LogP contribution in [0, 0.1) is 0 Å². The molecule has 0 bridgehead atoms. The predicted octanol–water partition coefficient (Wildman–Crippen LogP) is -0.942. The van der Waals surface area contributed by atoms with Gasteiger partial charge in [0.1, 0.15) is 6.61 Å². The highest BCUT2D eigenvalue weighted by Crippen LogP contribution is 2.19. The lowest BCUT2D eigenvalue weighted by Crippen LogP contribution is -2.59. The first-order valence-corrected chi connectivity index (χ1v) is 7.96. The molecular weight excluding hydrogens is 256 g/mol. The smallest absolute Gasteiger partial charge is 0.246 e. The molecule has 1 atom stereocenters. The molecule has 0 aliphatic carbocycles. The molecule has 2 rings (SSSR count). The Morgan fingerprint density at radius 3 is 2.72 bits per heavy atom. The van der Waals surface area contributed by atoms with Crippen LogP contribution in [-0.4, -0.2) is 57.2 Å². The van der Waals surface area contributed by atoms with Crippen molar-refractivity contribution in [2.45, 2.75) is 30.6 Å². The highest BCUT2D eigenvalue weighted by molar-refractivity contribution is 7.92. The minimum Gasteiger partial charge on any atom is -0.363 e. The van der Waals surface area contributed by atoms with E-state index in [1.165, 1.54) is 0 Å². The molecule has 0 spiro atoms. The van der Waals surface area contributed by atoms with E-state index in [1.54, 1.807) is 0 Å².